The molecule has 0 atom stereocenters. The van der Waals surface area contributed by atoms with Crippen molar-refractivity contribution in [2.75, 3.05) is 6.61 Å². The number of pyridine rings is 1. The van der Waals surface area contributed by atoms with Crippen molar-refractivity contribution in [1.29, 1.82) is 0 Å². The number of benzene rings is 2. The third-order valence-corrected chi connectivity index (χ3v) is 3.58. The van der Waals surface area contributed by atoms with Crippen LogP contribution in [0.15, 0.2) is 72.9 Å². The Labute approximate surface area is 147 Å². The van der Waals surface area contributed by atoms with E-state index in [1.54, 1.807) is 18.2 Å². The van der Waals surface area contributed by atoms with Gasteiger partial charge in [0.2, 0.25) is 0 Å². The van der Waals surface area contributed by atoms with Crippen LogP contribution >= 0.6 is 0 Å². The minimum atomic E-state index is -0.423. The standard InChI is InChI=1S/C21H19NO3/c1-2-14-24-18-11-8-16(9-12-18)20-13-10-17(15-22-20)21(23)25-19-6-4-3-5-7-19/h3-13,15H,2,14H2,1H3. The molecule has 0 amide bonds. The molecule has 0 saturated heterocycles. The Morgan fingerprint density at radius 1 is 0.920 bits per heavy atom. The average Bonchev–Trinajstić information content (AvgIpc) is 2.68. The predicted octanol–water partition coefficient (Wildman–Crippen LogP) is 4.76. The zero-order chi connectivity index (χ0) is 17.5. The fraction of sp³-hybridized carbons (Fsp3) is 0.143. The van der Waals surface area contributed by atoms with Gasteiger partial charge in [-0.2, -0.15) is 0 Å². The quantitative estimate of drug-likeness (QED) is 0.482. The van der Waals surface area contributed by atoms with Crippen molar-refractivity contribution in [2.45, 2.75) is 13.3 Å². The molecular weight excluding hydrogens is 314 g/mol. The third-order valence-electron chi connectivity index (χ3n) is 3.58. The van der Waals surface area contributed by atoms with E-state index in [0.29, 0.717) is 17.9 Å². The molecule has 0 radical (unpaired) electrons. The van der Waals surface area contributed by atoms with Crippen LogP contribution in [-0.2, 0) is 0 Å². The molecule has 1 heterocycles. The minimum Gasteiger partial charge on any atom is -0.494 e. The van der Waals surface area contributed by atoms with Crippen molar-refractivity contribution in [1.82, 2.24) is 4.98 Å². The first kappa shape index (κ1) is 16.7. The molecule has 3 rings (SSSR count). The SMILES string of the molecule is CCCOc1ccc(-c2ccc(C(=O)Oc3ccccc3)cn2)cc1. The molecule has 0 fully saturated rings. The summed E-state index contributed by atoms with van der Waals surface area (Å²) in [4.78, 5) is 16.5. The fourth-order valence-corrected chi connectivity index (χ4v) is 2.28. The van der Waals surface area contributed by atoms with E-state index in [0.717, 1.165) is 23.4 Å². The lowest BCUT2D eigenvalue weighted by atomic mass is 10.1. The summed E-state index contributed by atoms with van der Waals surface area (Å²) in [6, 6.07) is 20.3. The normalized spacial score (nSPS) is 10.3. The van der Waals surface area contributed by atoms with E-state index in [2.05, 4.69) is 11.9 Å². The highest BCUT2D eigenvalue weighted by atomic mass is 16.5. The van der Waals surface area contributed by atoms with Gasteiger partial charge in [-0.25, -0.2) is 4.79 Å². The Kier molecular flexibility index (Phi) is 5.42. The summed E-state index contributed by atoms with van der Waals surface area (Å²) in [5.74, 6) is 0.932. The molecule has 25 heavy (non-hydrogen) atoms. The molecule has 1 aromatic heterocycles. The highest BCUT2D eigenvalue weighted by Crippen LogP contribution is 2.21. The molecule has 0 aliphatic rings. The Morgan fingerprint density at radius 3 is 2.32 bits per heavy atom. The van der Waals surface area contributed by atoms with Gasteiger partial charge in [-0.1, -0.05) is 25.1 Å². The van der Waals surface area contributed by atoms with Crippen molar-refractivity contribution < 1.29 is 14.3 Å². The summed E-state index contributed by atoms with van der Waals surface area (Å²) in [5, 5.41) is 0. The molecule has 4 nitrogen and oxygen atoms in total. The summed E-state index contributed by atoms with van der Waals surface area (Å²) in [6.45, 7) is 2.78. The van der Waals surface area contributed by atoms with Crippen LogP contribution in [0.3, 0.4) is 0 Å². The maximum absolute atomic E-state index is 12.1. The van der Waals surface area contributed by atoms with Crippen molar-refractivity contribution in [3.8, 4) is 22.8 Å². The number of rotatable bonds is 6. The van der Waals surface area contributed by atoms with Crippen LogP contribution in [0.2, 0.25) is 0 Å². The number of hydrogen-bond donors (Lipinski definition) is 0. The van der Waals surface area contributed by atoms with E-state index < -0.39 is 5.97 Å². The van der Waals surface area contributed by atoms with E-state index in [-0.39, 0.29) is 0 Å². The first-order valence-corrected chi connectivity index (χ1v) is 8.23. The molecule has 0 bridgehead atoms. The van der Waals surface area contributed by atoms with E-state index >= 15 is 0 Å². The second-order valence-electron chi connectivity index (χ2n) is 5.51. The van der Waals surface area contributed by atoms with Crippen molar-refractivity contribution in [3.05, 3.63) is 78.5 Å². The first-order valence-electron chi connectivity index (χ1n) is 8.23. The highest BCUT2D eigenvalue weighted by molar-refractivity contribution is 5.91. The average molecular weight is 333 g/mol. The van der Waals surface area contributed by atoms with Gasteiger partial charge in [0.1, 0.15) is 11.5 Å². The number of para-hydroxylation sites is 1. The first-order chi connectivity index (χ1) is 12.3. The second-order valence-corrected chi connectivity index (χ2v) is 5.51. The van der Waals surface area contributed by atoms with E-state index in [4.69, 9.17) is 9.47 Å². The predicted molar refractivity (Wildman–Crippen MR) is 96.9 cm³/mol. The molecule has 126 valence electrons. The van der Waals surface area contributed by atoms with Crippen LogP contribution in [0.1, 0.15) is 23.7 Å². The lowest BCUT2D eigenvalue weighted by Gasteiger charge is -2.07. The zero-order valence-electron chi connectivity index (χ0n) is 14.0. The van der Waals surface area contributed by atoms with Crippen molar-refractivity contribution in [3.63, 3.8) is 0 Å². The molecule has 0 aliphatic carbocycles. The molecule has 3 aromatic rings. The summed E-state index contributed by atoms with van der Waals surface area (Å²) >= 11 is 0. The third kappa shape index (κ3) is 4.44. The summed E-state index contributed by atoms with van der Waals surface area (Å²) in [5.41, 5.74) is 2.17. The lowest BCUT2D eigenvalue weighted by molar-refractivity contribution is 0.0734. The van der Waals surface area contributed by atoms with Gasteiger partial charge in [0.25, 0.3) is 0 Å². The number of carbonyl (C=O) groups is 1. The van der Waals surface area contributed by atoms with Crippen LogP contribution < -0.4 is 9.47 Å². The van der Waals surface area contributed by atoms with Gasteiger partial charge < -0.3 is 9.47 Å². The minimum absolute atomic E-state index is 0.413. The van der Waals surface area contributed by atoms with E-state index in [1.807, 2.05) is 48.5 Å². The van der Waals surface area contributed by atoms with Gasteiger partial charge in [0, 0.05) is 11.8 Å². The number of nitrogens with zero attached hydrogens (tertiary/aromatic N) is 1. The molecule has 0 N–H and O–H groups in total. The second kappa shape index (κ2) is 8.11. The Balaban J connectivity index is 1.68. The molecule has 0 aliphatic heterocycles. The summed E-state index contributed by atoms with van der Waals surface area (Å²) in [6.07, 6.45) is 2.51. The Hall–Kier alpha value is -3.14. The van der Waals surface area contributed by atoms with E-state index in [9.17, 15) is 4.79 Å². The van der Waals surface area contributed by atoms with Crippen molar-refractivity contribution >= 4 is 5.97 Å². The molecular formula is C21H19NO3. The number of aromatic nitrogens is 1. The Morgan fingerprint density at radius 2 is 1.68 bits per heavy atom. The lowest BCUT2D eigenvalue weighted by Crippen LogP contribution is -2.08. The van der Waals surface area contributed by atoms with Crippen molar-refractivity contribution in [2.24, 2.45) is 0 Å². The van der Waals surface area contributed by atoms with Gasteiger partial charge in [0.15, 0.2) is 0 Å². The molecule has 0 saturated carbocycles. The number of carbonyl (C=O) groups excluding carboxylic acids is 1. The summed E-state index contributed by atoms with van der Waals surface area (Å²) < 4.78 is 10.9. The van der Waals surface area contributed by atoms with Gasteiger partial charge >= 0.3 is 5.97 Å². The fourth-order valence-electron chi connectivity index (χ4n) is 2.28. The highest BCUT2D eigenvalue weighted by Gasteiger charge is 2.09. The maximum Gasteiger partial charge on any atom is 0.345 e. The number of hydrogen-bond acceptors (Lipinski definition) is 4. The zero-order valence-corrected chi connectivity index (χ0v) is 14.0. The molecule has 0 spiro atoms. The van der Waals surface area contributed by atoms with Crippen LogP contribution in [0, 0.1) is 0 Å². The van der Waals surface area contributed by atoms with Gasteiger partial charge in [0.05, 0.1) is 17.9 Å². The van der Waals surface area contributed by atoms with E-state index in [1.165, 1.54) is 6.20 Å². The van der Waals surface area contributed by atoms with Gasteiger partial charge in [-0.15, -0.1) is 0 Å². The Bertz CT molecular complexity index is 812. The summed E-state index contributed by atoms with van der Waals surface area (Å²) in [7, 11) is 0. The van der Waals surface area contributed by atoms with Gasteiger partial charge in [-0.3, -0.25) is 4.98 Å². The van der Waals surface area contributed by atoms with Crippen LogP contribution in [0.4, 0.5) is 0 Å². The molecule has 2 aromatic carbocycles. The maximum atomic E-state index is 12.1. The number of ether oxygens (including phenoxy) is 2. The molecule has 4 heteroatoms. The monoisotopic (exact) mass is 333 g/mol. The van der Waals surface area contributed by atoms with Gasteiger partial charge in [-0.05, 0) is 55.0 Å². The van der Waals surface area contributed by atoms with Crippen LogP contribution in [0.25, 0.3) is 11.3 Å². The van der Waals surface area contributed by atoms with Crippen LogP contribution in [-0.4, -0.2) is 17.6 Å². The number of esters is 1. The molecule has 0 unspecified atom stereocenters. The largest absolute Gasteiger partial charge is 0.494 e. The topological polar surface area (TPSA) is 48.4 Å². The van der Waals surface area contributed by atoms with Crippen LogP contribution in [0.5, 0.6) is 11.5 Å². The smallest absolute Gasteiger partial charge is 0.345 e.